The van der Waals surface area contributed by atoms with Crippen LogP contribution in [0.2, 0.25) is 0 Å². The predicted octanol–water partition coefficient (Wildman–Crippen LogP) is 2.55. The molecule has 1 fully saturated rings. The normalized spacial score (nSPS) is 20.3. The molecule has 0 spiro atoms. The van der Waals surface area contributed by atoms with Crippen LogP contribution in [-0.2, 0) is 11.8 Å². The van der Waals surface area contributed by atoms with Gasteiger partial charge in [-0.1, -0.05) is 0 Å². The second kappa shape index (κ2) is 8.22. The number of aldehydes is 1. The molecule has 0 aliphatic carbocycles. The Balaban J connectivity index is 2.03. The Labute approximate surface area is 162 Å². The zero-order valence-electron chi connectivity index (χ0n) is 16.3. The standard InChI is InChI=1S/C19H25F2N5O2/c1-22-19(28)26(6-4-8-27)18-14-10-15(20)13(11-16(14)25(3)23-18)12-5-7-24(2)17(21)9-12/h8,10-12,17H,4-7,9H2,1-3H3,(H,22,28). The van der Waals surface area contributed by atoms with E-state index in [0.717, 1.165) is 0 Å². The van der Waals surface area contributed by atoms with E-state index in [4.69, 9.17) is 0 Å². The number of urea groups is 1. The summed E-state index contributed by atoms with van der Waals surface area (Å²) in [6, 6.07) is 2.63. The lowest BCUT2D eigenvalue weighted by atomic mass is 9.88. The molecule has 152 valence electrons. The number of carbonyl (C=O) groups excluding carboxylic acids is 2. The Morgan fingerprint density at radius 3 is 2.82 bits per heavy atom. The van der Waals surface area contributed by atoms with Gasteiger partial charge in [0.1, 0.15) is 12.1 Å². The fourth-order valence-corrected chi connectivity index (χ4v) is 3.72. The van der Waals surface area contributed by atoms with E-state index >= 15 is 0 Å². The lowest BCUT2D eigenvalue weighted by Gasteiger charge is -2.32. The van der Waals surface area contributed by atoms with Crippen LogP contribution in [-0.4, -0.2) is 60.5 Å². The summed E-state index contributed by atoms with van der Waals surface area (Å²) in [4.78, 5) is 26.0. The van der Waals surface area contributed by atoms with Crippen molar-refractivity contribution in [1.29, 1.82) is 0 Å². The van der Waals surface area contributed by atoms with Gasteiger partial charge < -0.3 is 10.1 Å². The molecule has 1 saturated heterocycles. The number of benzene rings is 1. The first-order chi connectivity index (χ1) is 13.4. The van der Waals surface area contributed by atoms with Gasteiger partial charge in [-0.25, -0.2) is 13.6 Å². The van der Waals surface area contributed by atoms with Gasteiger partial charge in [0.2, 0.25) is 0 Å². The highest BCUT2D eigenvalue weighted by atomic mass is 19.1. The number of aromatic nitrogens is 2. The van der Waals surface area contributed by atoms with Gasteiger partial charge >= 0.3 is 6.03 Å². The first kappa shape index (κ1) is 20.2. The molecule has 1 aromatic heterocycles. The number of anilines is 1. The van der Waals surface area contributed by atoms with Gasteiger partial charge in [-0.2, -0.15) is 5.10 Å². The van der Waals surface area contributed by atoms with Gasteiger partial charge in [0.15, 0.2) is 12.1 Å². The number of piperidine rings is 1. The number of amides is 2. The van der Waals surface area contributed by atoms with Crippen LogP contribution in [0.1, 0.15) is 30.7 Å². The van der Waals surface area contributed by atoms with Crippen molar-refractivity contribution in [2.24, 2.45) is 7.05 Å². The number of halogens is 2. The molecule has 0 bridgehead atoms. The van der Waals surface area contributed by atoms with Gasteiger partial charge in [-0.05, 0) is 43.5 Å². The lowest BCUT2D eigenvalue weighted by Crippen LogP contribution is -2.39. The molecule has 3 rings (SSSR count). The zero-order valence-corrected chi connectivity index (χ0v) is 16.3. The molecule has 2 atom stereocenters. The Bertz CT molecular complexity index is 885. The molecule has 1 aliphatic heterocycles. The van der Waals surface area contributed by atoms with Crippen LogP contribution in [0.15, 0.2) is 12.1 Å². The van der Waals surface area contributed by atoms with Crippen molar-refractivity contribution in [3.8, 4) is 0 Å². The number of aryl methyl sites for hydroxylation is 1. The van der Waals surface area contributed by atoms with Crippen molar-refractivity contribution < 1.29 is 18.4 Å². The van der Waals surface area contributed by atoms with E-state index in [0.29, 0.717) is 35.7 Å². The van der Waals surface area contributed by atoms with Gasteiger partial charge in [-0.15, -0.1) is 0 Å². The molecule has 1 aromatic carbocycles. The molecule has 7 nitrogen and oxygen atoms in total. The van der Waals surface area contributed by atoms with E-state index in [9.17, 15) is 18.4 Å². The Kier molecular flexibility index (Phi) is 5.93. The Hall–Kier alpha value is -2.55. The van der Waals surface area contributed by atoms with Crippen LogP contribution >= 0.6 is 0 Å². The van der Waals surface area contributed by atoms with Crippen LogP contribution in [0.5, 0.6) is 0 Å². The van der Waals surface area contributed by atoms with Crippen LogP contribution in [0, 0.1) is 5.82 Å². The number of carbonyl (C=O) groups is 2. The molecule has 1 N–H and O–H groups in total. The molecule has 2 aromatic rings. The summed E-state index contributed by atoms with van der Waals surface area (Å²) in [7, 11) is 4.91. The predicted molar refractivity (Wildman–Crippen MR) is 103 cm³/mol. The Morgan fingerprint density at radius 1 is 1.43 bits per heavy atom. The number of hydrogen-bond acceptors (Lipinski definition) is 4. The third kappa shape index (κ3) is 3.71. The molecule has 0 saturated carbocycles. The summed E-state index contributed by atoms with van der Waals surface area (Å²) in [6.45, 7) is 0.702. The van der Waals surface area contributed by atoms with Crippen molar-refractivity contribution in [1.82, 2.24) is 20.0 Å². The van der Waals surface area contributed by atoms with Crippen molar-refractivity contribution in [3.63, 3.8) is 0 Å². The minimum atomic E-state index is -1.09. The number of nitrogens with one attached hydrogen (secondary N) is 1. The molecular weight excluding hydrogens is 368 g/mol. The van der Waals surface area contributed by atoms with E-state index in [1.165, 1.54) is 18.0 Å². The number of alkyl halides is 1. The molecule has 28 heavy (non-hydrogen) atoms. The van der Waals surface area contributed by atoms with E-state index in [2.05, 4.69) is 10.4 Å². The largest absolute Gasteiger partial charge is 0.341 e. The molecule has 2 amide bonds. The maximum atomic E-state index is 15.0. The highest BCUT2D eigenvalue weighted by molar-refractivity contribution is 6.01. The summed E-state index contributed by atoms with van der Waals surface area (Å²) in [5, 5.41) is 7.37. The summed E-state index contributed by atoms with van der Waals surface area (Å²) in [5.41, 5.74) is 1.12. The fraction of sp³-hybridized carbons (Fsp3) is 0.526. The van der Waals surface area contributed by atoms with Crippen molar-refractivity contribution in [3.05, 3.63) is 23.5 Å². The highest BCUT2D eigenvalue weighted by Gasteiger charge is 2.30. The summed E-state index contributed by atoms with van der Waals surface area (Å²) < 4.78 is 30.6. The third-order valence-corrected chi connectivity index (χ3v) is 5.36. The highest BCUT2D eigenvalue weighted by Crippen LogP contribution is 2.36. The van der Waals surface area contributed by atoms with Crippen LogP contribution in [0.3, 0.4) is 0 Å². The number of likely N-dealkylation sites (tertiary alicyclic amines) is 1. The zero-order chi connectivity index (χ0) is 20.4. The molecule has 2 heterocycles. The Morgan fingerprint density at radius 2 is 2.18 bits per heavy atom. The van der Waals surface area contributed by atoms with Gasteiger partial charge in [0, 0.05) is 39.0 Å². The first-order valence-electron chi connectivity index (χ1n) is 9.30. The van der Waals surface area contributed by atoms with Crippen molar-refractivity contribution in [2.75, 3.05) is 32.1 Å². The van der Waals surface area contributed by atoms with Crippen LogP contribution in [0.25, 0.3) is 10.9 Å². The molecule has 2 unspecified atom stereocenters. The smallest absolute Gasteiger partial charge is 0.322 e. The second-order valence-corrected chi connectivity index (χ2v) is 7.14. The summed E-state index contributed by atoms with van der Waals surface area (Å²) in [5.74, 6) is -0.356. The van der Waals surface area contributed by atoms with Crippen molar-refractivity contribution >= 4 is 29.0 Å². The topological polar surface area (TPSA) is 70.5 Å². The van der Waals surface area contributed by atoms with Gasteiger partial charge in [-0.3, -0.25) is 14.5 Å². The average molecular weight is 393 g/mol. The SMILES string of the molecule is CNC(=O)N(CCC=O)c1nn(C)c2cc(C3CCN(C)C(F)C3)c(F)cc12. The van der Waals surface area contributed by atoms with E-state index < -0.39 is 18.1 Å². The third-order valence-electron chi connectivity index (χ3n) is 5.36. The van der Waals surface area contributed by atoms with Gasteiger partial charge in [0.25, 0.3) is 0 Å². The second-order valence-electron chi connectivity index (χ2n) is 7.14. The summed E-state index contributed by atoms with van der Waals surface area (Å²) in [6.07, 6.45) is 0.677. The minimum absolute atomic E-state index is 0.136. The number of rotatable bonds is 5. The van der Waals surface area contributed by atoms with E-state index in [1.54, 1.807) is 29.7 Å². The van der Waals surface area contributed by atoms with E-state index in [-0.39, 0.29) is 31.1 Å². The van der Waals surface area contributed by atoms with E-state index in [1.807, 2.05) is 0 Å². The number of hydrogen-bond donors (Lipinski definition) is 1. The quantitative estimate of drug-likeness (QED) is 0.626. The molecule has 0 radical (unpaired) electrons. The fourth-order valence-electron chi connectivity index (χ4n) is 3.72. The first-order valence-corrected chi connectivity index (χ1v) is 9.30. The maximum absolute atomic E-state index is 15.0. The van der Waals surface area contributed by atoms with Gasteiger partial charge in [0.05, 0.1) is 5.52 Å². The summed E-state index contributed by atoms with van der Waals surface area (Å²) >= 11 is 0. The van der Waals surface area contributed by atoms with Crippen LogP contribution in [0.4, 0.5) is 19.4 Å². The molecular formula is C19H25F2N5O2. The monoisotopic (exact) mass is 393 g/mol. The maximum Gasteiger partial charge on any atom is 0.322 e. The molecule has 1 aliphatic rings. The number of nitrogens with zero attached hydrogens (tertiary/aromatic N) is 4. The average Bonchev–Trinajstić information content (AvgIpc) is 2.99. The minimum Gasteiger partial charge on any atom is -0.341 e. The lowest BCUT2D eigenvalue weighted by molar-refractivity contribution is -0.107. The molecule has 9 heteroatoms. The van der Waals surface area contributed by atoms with Crippen LogP contribution < -0.4 is 10.2 Å². The number of fused-ring (bicyclic) bond motifs is 1. The van der Waals surface area contributed by atoms with Crippen molar-refractivity contribution in [2.45, 2.75) is 31.5 Å².